The second kappa shape index (κ2) is 6.14. The molecule has 2 aromatic rings. The van der Waals surface area contributed by atoms with Gasteiger partial charge >= 0.3 is 0 Å². The molecule has 0 aliphatic heterocycles. The maximum absolute atomic E-state index is 11.9. The molecule has 0 saturated heterocycles. The van der Waals surface area contributed by atoms with E-state index in [0.29, 0.717) is 5.16 Å². The van der Waals surface area contributed by atoms with E-state index < -0.39 is 5.25 Å². The van der Waals surface area contributed by atoms with E-state index in [1.54, 1.807) is 19.1 Å². The molecule has 7 heteroatoms. The van der Waals surface area contributed by atoms with Crippen molar-refractivity contribution in [3.63, 3.8) is 0 Å². The van der Waals surface area contributed by atoms with Crippen molar-refractivity contribution in [2.75, 3.05) is 5.32 Å². The molecule has 19 heavy (non-hydrogen) atoms. The Balaban J connectivity index is 1.98. The molecular formula is C12H12N4O2S. The summed E-state index contributed by atoms with van der Waals surface area (Å²) in [5, 5.41) is 9.98. The van der Waals surface area contributed by atoms with Crippen molar-refractivity contribution < 1.29 is 4.79 Å². The van der Waals surface area contributed by atoms with Gasteiger partial charge in [-0.2, -0.15) is 5.10 Å². The highest BCUT2D eigenvalue weighted by Gasteiger charge is 2.15. The number of benzene rings is 1. The molecule has 0 aliphatic carbocycles. The van der Waals surface area contributed by atoms with Gasteiger partial charge in [0.2, 0.25) is 5.91 Å². The minimum atomic E-state index is -0.396. The second-order valence-corrected chi connectivity index (χ2v) is 5.08. The van der Waals surface area contributed by atoms with Crippen molar-refractivity contribution in [3.05, 3.63) is 46.9 Å². The highest BCUT2D eigenvalue weighted by molar-refractivity contribution is 8.00. The van der Waals surface area contributed by atoms with E-state index in [1.165, 1.54) is 0 Å². The molecule has 0 bridgehead atoms. The lowest BCUT2D eigenvalue weighted by Gasteiger charge is -2.10. The third-order valence-electron chi connectivity index (χ3n) is 2.25. The van der Waals surface area contributed by atoms with Gasteiger partial charge in [0.15, 0.2) is 5.16 Å². The lowest BCUT2D eigenvalue weighted by molar-refractivity contribution is -0.115. The van der Waals surface area contributed by atoms with E-state index >= 15 is 0 Å². The van der Waals surface area contributed by atoms with Crippen LogP contribution in [0.2, 0.25) is 0 Å². The molecule has 2 rings (SSSR count). The van der Waals surface area contributed by atoms with Gasteiger partial charge in [-0.05, 0) is 19.1 Å². The van der Waals surface area contributed by atoms with Crippen molar-refractivity contribution in [1.82, 2.24) is 15.2 Å². The molecule has 1 aromatic heterocycles. The summed E-state index contributed by atoms with van der Waals surface area (Å²) in [5.74, 6) is -0.164. The number of nitrogens with zero attached hydrogens (tertiary/aromatic N) is 2. The standard InChI is InChI=1S/C12H12N4O2S/c1-8(19-12-15-10(17)7-13-16-12)11(18)14-9-5-3-2-4-6-9/h2-8H,1H3,(H,14,18)(H,15,16,17). The summed E-state index contributed by atoms with van der Waals surface area (Å²) < 4.78 is 0. The van der Waals surface area contributed by atoms with Gasteiger partial charge in [0, 0.05) is 5.69 Å². The zero-order chi connectivity index (χ0) is 13.7. The van der Waals surface area contributed by atoms with Crippen LogP contribution in [0.4, 0.5) is 5.69 Å². The topological polar surface area (TPSA) is 87.7 Å². The Morgan fingerprint density at radius 1 is 1.37 bits per heavy atom. The average molecular weight is 276 g/mol. The predicted octanol–water partition coefficient (Wildman–Crippen LogP) is 1.28. The Hall–Kier alpha value is -2.15. The van der Waals surface area contributed by atoms with E-state index in [9.17, 15) is 9.59 Å². The number of amides is 1. The largest absolute Gasteiger partial charge is 0.325 e. The maximum atomic E-state index is 11.9. The smallest absolute Gasteiger partial charge is 0.270 e. The summed E-state index contributed by atoms with van der Waals surface area (Å²) in [6, 6.07) is 9.16. The van der Waals surface area contributed by atoms with Crippen LogP contribution < -0.4 is 10.9 Å². The molecule has 1 heterocycles. The highest BCUT2D eigenvalue weighted by atomic mass is 32.2. The van der Waals surface area contributed by atoms with Gasteiger partial charge in [-0.25, -0.2) is 0 Å². The Labute approximate surface area is 113 Å². The molecule has 6 nitrogen and oxygen atoms in total. The molecule has 0 aliphatic rings. The van der Waals surface area contributed by atoms with Gasteiger partial charge in [-0.1, -0.05) is 30.0 Å². The number of para-hydroxylation sites is 1. The summed E-state index contributed by atoms with van der Waals surface area (Å²) in [6.45, 7) is 1.73. The lowest BCUT2D eigenvalue weighted by atomic mass is 10.3. The van der Waals surface area contributed by atoms with E-state index in [1.807, 2.05) is 18.2 Å². The van der Waals surface area contributed by atoms with E-state index in [-0.39, 0.29) is 11.5 Å². The molecular weight excluding hydrogens is 264 g/mol. The number of hydrogen-bond acceptors (Lipinski definition) is 5. The second-order valence-electron chi connectivity index (χ2n) is 3.75. The summed E-state index contributed by atoms with van der Waals surface area (Å²) in [4.78, 5) is 25.5. The van der Waals surface area contributed by atoms with Crippen LogP contribution in [0, 0.1) is 0 Å². The fourth-order valence-corrected chi connectivity index (χ4v) is 2.09. The molecule has 98 valence electrons. The van der Waals surface area contributed by atoms with Gasteiger partial charge in [-0.3, -0.25) is 14.6 Å². The first-order valence-corrected chi connectivity index (χ1v) is 6.47. The van der Waals surface area contributed by atoms with Crippen LogP contribution >= 0.6 is 11.8 Å². The number of aromatic nitrogens is 3. The van der Waals surface area contributed by atoms with Crippen LogP contribution in [0.15, 0.2) is 46.5 Å². The zero-order valence-corrected chi connectivity index (χ0v) is 11.0. The van der Waals surface area contributed by atoms with Crippen molar-refractivity contribution in [2.45, 2.75) is 17.3 Å². The fourth-order valence-electron chi connectivity index (χ4n) is 1.34. The Morgan fingerprint density at radius 3 is 2.79 bits per heavy atom. The monoisotopic (exact) mass is 276 g/mol. The minimum Gasteiger partial charge on any atom is -0.325 e. The summed E-state index contributed by atoms with van der Waals surface area (Å²) in [7, 11) is 0. The molecule has 0 saturated carbocycles. The van der Waals surface area contributed by atoms with Crippen molar-refractivity contribution >= 4 is 23.4 Å². The normalized spacial score (nSPS) is 11.8. The Morgan fingerprint density at radius 2 is 2.11 bits per heavy atom. The van der Waals surface area contributed by atoms with Gasteiger partial charge < -0.3 is 5.32 Å². The van der Waals surface area contributed by atoms with Crippen molar-refractivity contribution in [2.24, 2.45) is 0 Å². The molecule has 1 atom stereocenters. The first kappa shape index (κ1) is 13.3. The molecule has 1 amide bonds. The SMILES string of the molecule is CC(Sc1nncc(=O)[nH]1)C(=O)Nc1ccccc1. The van der Waals surface area contributed by atoms with Crippen molar-refractivity contribution in [3.8, 4) is 0 Å². The van der Waals surface area contributed by atoms with Crippen LogP contribution in [-0.2, 0) is 4.79 Å². The van der Waals surface area contributed by atoms with E-state index in [4.69, 9.17) is 0 Å². The number of aromatic amines is 1. The number of nitrogens with one attached hydrogen (secondary N) is 2. The number of carbonyl (C=O) groups excluding carboxylic acids is 1. The molecule has 1 unspecified atom stereocenters. The van der Waals surface area contributed by atoms with Crippen LogP contribution in [0.5, 0.6) is 0 Å². The fraction of sp³-hybridized carbons (Fsp3) is 0.167. The van der Waals surface area contributed by atoms with Crippen LogP contribution in [0.25, 0.3) is 0 Å². The van der Waals surface area contributed by atoms with Crippen LogP contribution in [0.1, 0.15) is 6.92 Å². The predicted molar refractivity (Wildman–Crippen MR) is 73.0 cm³/mol. The van der Waals surface area contributed by atoms with Gasteiger partial charge in [0.25, 0.3) is 5.56 Å². The number of hydrogen-bond donors (Lipinski definition) is 2. The molecule has 0 radical (unpaired) electrons. The number of H-pyrrole nitrogens is 1. The Bertz CT molecular complexity index is 614. The van der Waals surface area contributed by atoms with Crippen molar-refractivity contribution in [1.29, 1.82) is 0 Å². The third-order valence-corrected chi connectivity index (χ3v) is 3.23. The third kappa shape index (κ3) is 3.92. The first-order valence-electron chi connectivity index (χ1n) is 5.60. The van der Waals surface area contributed by atoms with Crippen LogP contribution in [0.3, 0.4) is 0 Å². The number of rotatable bonds is 4. The van der Waals surface area contributed by atoms with Gasteiger partial charge in [-0.15, -0.1) is 5.10 Å². The van der Waals surface area contributed by atoms with Gasteiger partial charge in [0.05, 0.1) is 5.25 Å². The summed E-state index contributed by atoms with van der Waals surface area (Å²) in [5.41, 5.74) is 0.390. The lowest BCUT2D eigenvalue weighted by Crippen LogP contribution is -2.23. The Kier molecular flexibility index (Phi) is 4.30. The maximum Gasteiger partial charge on any atom is 0.270 e. The van der Waals surface area contributed by atoms with Gasteiger partial charge in [0.1, 0.15) is 6.20 Å². The number of carbonyl (C=O) groups is 1. The quantitative estimate of drug-likeness (QED) is 0.821. The van der Waals surface area contributed by atoms with E-state index in [2.05, 4.69) is 20.5 Å². The zero-order valence-electron chi connectivity index (χ0n) is 10.2. The van der Waals surface area contributed by atoms with Crippen LogP contribution in [-0.4, -0.2) is 26.3 Å². The number of thioether (sulfide) groups is 1. The molecule has 1 aromatic carbocycles. The average Bonchev–Trinajstić information content (AvgIpc) is 2.40. The highest BCUT2D eigenvalue weighted by Crippen LogP contribution is 2.18. The molecule has 2 N–H and O–H groups in total. The first-order chi connectivity index (χ1) is 9.15. The summed E-state index contributed by atoms with van der Waals surface area (Å²) >= 11 is 1.14. The minimum absolute atomic E-state index is 0.164. The van der Waals surface area contributed by atoms with E-state index in [0.717, 1.165) is 23.6 Å². The number of anilines is 1. The summed E-state index contributed by atoms with van der Waals surface area (Å²) in [6.07, 6.45) is 1.08. The molecule has 0 spiro atoms. The molecule has 0 fully saturated rings.